The van der Waals surface area contributed by atoms with Crippen LogP contribution in [0.2, 0.25) is 10.0 Å². The van der Waals surface area contributed by atoms with E-state index < -0.39 is 29.4 Å². The number of carbonyl (C=O) groups is 2. The first-order valence-corrected chi connectivity index (χ1v) is 16.1. The largest absolute Gasteiger partial charge is 0.492 e. The lowest BCUT2D eigenvalue weighted by Gasteiger charge is -2.25. The van der Waals surface area contributed by atoms with Crippen LogP contribution in [0.15, 0.2) is 72.8 Å². The lowest BCUT2D eigenvalue weighted by atomic mass is 9.89. The van der Waals surface area contributed by atoms with Crippen LogP contribution in [0.3, 0.4) is 0 Å². The molecule has 0 saturated heterocycles. The van der Waals surface area contributed by atoms with E-state index in [0.29, 0.717) is 47.4 Å². The number of hydrogen-bond donors (Lipinski definition) is 0. The number of ketones is 1. The topological polar surface area (TPSA) is 55.8 Å². The first-order valence-electron chi connectivity index (χ1n) is 15.3. The second kappa shape index (κ2) is 17.2. The third-order valence-electron chi connectivity index (χ3n) is 7.44. The van der Waals surface area contributed by atoms with Crippen molar-refractivity contribution >= 4 is 35.0 Å². The minimum absolute atomic E-state index is 0.0266. The molecule has 10 heteroatoms. The third-order valence-corrected chi connectivity index (χ3v) is 7.94. The SMILES string of the molecule is CN(CCOc1ccc(CC(CCCCC(=O)OC(C)(C)C)C(=O)C(F)(F)F)cc1)CC(c1ccc(Cl)cc1)c1ccc(Cl)cc1. The quantitative estimate of drug-likeness (QED) is 0.112. The number of halogens is 5. The molecule has 250 valence electrons. The van der Waals surface area contributed by atoms with Crippen LogP contribution in [-0.2, 0) is 20.7 Å². The molecule has 0 heterocycles. The summed E-state index contributed by atoms with van der Waals surface area (Å²) >= 11 is 12.2. The fourth-order valence-electron chi connectivity index (χ4n) is 5.13. The highest BCUT2D eigenvalue weighted by Crippen LogP contribution is 2.29. The van der Waals surface area contributed by atoms with E-state index in [1.807, 2.05) is 55.6 Å². The number of carbonyl (C=O) groups excluding carboxylic acids is 2. The summed E-state index contributed by atoms with van der Waals surface area (Å²) in [7, 11) is 2.01. The minimum Gasteiger partial charge on any atom is -0.492 e. The van der Waals surface area contributed by atoms with E-state index in [4.69, 9.17) is 32.7 Å². The van der Waals surface area contributed by atoms with E-state index in [1.54, 1.807) is 45.0 Å². The number of Topliss-reactive ketones (excluding diaryl/α,β-unsaturated/α-hetero) is 1. The number of unbranched alkanes of at least 4 members (excludes halogenated alkanes) is 1. The summed E-state index contributed by atoms with van der Waals surface area (Å²) in [5.74, 6) is -2.71. The molecule has 0 N–H and O–H groups in total. The summed E-state index contributed by atoms with van der Waals surface area (Å²) in [4.78, 5) is 26.3. The molecular formula is C36H42Cl2F3NO4. The molecule has 3 aromatic carbocycles. The van der Waals surface area contributed by atoms with Crippen molar-refractivity contribution in [2.75, 3.05) is 26.7 Å². The van der Waals surface area contributed by atoms with Gasteiger partial charge in [-0.2, -0.15) is 13.2 Å². The Labute approximate surface area is 280 Å². The van der Waals surface area contributed by atoms with E-state index in [9.17, 15) is 22.8 Å². The van der Waals surface area contributed by atoms with Crippen LogP contribution in [-0.4, -0.2) is 55.2 Å². The van der Waals surface area contributed by atoms with Gasteiger partial charge in [0.2, 0.25) is 5.78 Å². The smallest absolute Gasteiger partial charge is 0.450 e. The molecule has 1 atom stereocenters. The second-order valence-electron chi connectivity index (χ2n) is 12.5. The molecule has 0 fully saturated rings. The summed E-state index contributed by atoms with van der Waals surface area (Å²) in [6.07, 6.45) is -4.21. The highest BCUT2D eigenvalue weighted by molar-refractivity contribution is 6.30. The molecule has 0 aliphatic heterocycles. The number of likely N-dealkylation sites (N-methyl/N-ethyl adjacent to an activating group) is 1. The van der Waals surface area contributed by atoms with E-state index >= 15 is 0 Å². The van der Waals surface area contributed by atoms with Gasteiger partial charge in [0.15, 0.2) is 0 Å². The van der Waals surface area contributed by atoms with Crippen LogP contribution >= 0.6 is 23.2 Å². The first kappa shape index (κ1) is 37.4. The molecule has 0 aromatic heterocycles. The summed E-state index contributed by atoms with van der Waals surface area (Å²) < 4.78 is 51.2. The number of nitrogens with zero attached hydrogens (tertiary/aromatic N) is 1. The van der Waals surface area contributed by atoms with Gasteiger partial charge in [-0.1, -0.05) is 66.0 Å². The molecular weight excluding hydrogens is 638 g/mol. The van der Waals surface area contributed by atoms with Crippen molar-refractivity contribution < 1.29 is 32.2 Å². The monoisotopic (exact) mass is 679 g/mol. The van der Waals surface area contributed by atoms with Crippen molar-refractivity contribution in [2.45, 2.75) is 70.6 Å². The first-order chi connectivity index (χ1) is 21.6. The van der Waals surface area contributed by atoms with Crippen LogP contribution in [0, 0.1) is 5.92 Å². The Kier molecular flexibility index (Phi) is 14.0. The van der Waals surface area contributed by atoms with Crippen molar-refractivity contribution in [1.29, 1.82) is 0 Å². The van der Waals surface area contributed by atoms with Gasteiger partial charge < -0.3 is 14.4 Å². The van der Waals surface area contributed by atoms with Crippen molar-refractivity contribution in [3.05, 3.63) is 99.5 Å². The van der Waals surface area contributed by atoms with Crippen LogP contribution in [0.25, 0.3) is 0 Å². The summed E-state index contributed by atoms with van der Waals surface area (Å²) in [6, 6.07) is 22.4. The third kappa shape index (κ3) is 13.0. The summed E-state index contributed by atoms with van der Waals surface area (Å²) in [5, 5.41) is 1.34. The molecule has 0 amide bonds. The Bertz CT molecular complexity index is 1340. The molecule has 0 spiro atoms. The number of benzene rings is 3. The number of ether oxygens (including phenoxy) is 2. The Morgan fingerprint density at radius 3 is 1.87 bits per heavy atom. The van der Waals surface area contributed by atoms with Gasteiger partial charge in [0.05, 0.1) is 0 Å². The zero-order chi connectivity index (χ0) is 33.9. The zero-order valence-corrected chi connectivity index (χ0v) is 28.2. The predicted octanol–water partition coefficient (Wildman–Crippen LogP) is 9.33. The maximum Gasteiger partial charge on any atom is 0.450 e. The summed E-state index contributed by atoms with van der Waals surface area (Å²) in [6.45, 7) is 7.00. The highest BCUT2D eigenvalue weighted by Gasteiger charge is 2.42. The number of alkyl halides is 3. The lowest BCUT2D eigenvalue weighted by molar-refractivity contribution is -0.175. The Balaban J connectivity index is 1.53. The lowest BCUT2D eigenvalue weighted by Crippen LogP contribution is -2.32. The molecule has 46 heavy (non-hydrogen) atoms. The van der Waals surface area contributed by atoms with Gasteiger partial charge in [-0.15, -0.1) is 0 Å². The van der Waals surface area contributed by atoms with Gasteiger partial charge in [-0.05, 0) is 100 Å². The van der Waals surface area contributed by atoms with E-state index in [2.05, 4.69) is 4.90 Å². The Morgan fingerprint density at radius 1 is 0.826 bits per heavy atom. The summed E-state index contributed by atoms with van der Waals surface area (Å²) in [5.41, 5.74) is 2.23. The molecule has 3 rings (SSSR count). The van der Waals surface area contributed by atoms with Gasteiger partial charge in [0.1, 0.15) is 18.0 Å². The standard InChI is InChI=1S/C36H42Cl2F3NO4/c1-35(2,3)46-33(43)8-6-5-7-28(34(44)36(39,40)41)23-25-9-19-31(20-10-25)45-22-21-42(4)24-32(26-11-15-29(37)16-12-26)27-13-17-30(38)18-14-27/h9-20,28,32H,5-8,21-24H2,1-4H3. The van der Waals surface area contributed by atoms with E-state index in [0.717, 1.165) is 17.7 Å². The molecule has 5 nitrogen and oxygen atoms in total. The predicted molar refractivity (Wildman–Crippen MR) is 177 cm³/mol. The van der Waals surface area contributed by atoms with Crippen LogP contribution in [0.4, 0.5) is 13.2 Å². The highest BCUT2D eigenvalue weighted by atomic mass is 35.5. The molecule has 3 aromatic rings. The van der Waals surface area contributed by atoms with E-state index in [-0.39, 0.29) is 25.2 Å². The molecule has 0 radical (unpaired) electrons. The van der Waals surface area contributed by atoms with Gasteiger partial charge in [-0.25, -0.2) is 0 Å². The Morgan fingerprint density at radius 2 is 1.37 bits per heavy atom. The average molecular weight is 681 g/mol. The zero-order valence-electron chi connectivity index (χ0n) is 26.7. The van der Waals surface area contributed by atoms with Crippen LogP contribution < -0.4 is 4.74 Å². The van der Waals surface area contributed by atoms with Crippen molar-refractivity contribution in [3.8, 4) is 5.75 Å². The Hall–Kier alpha value is -3.07. The van der Waals surface area contributed by atoms with Gasteiger partial charge in [0, 0.05) is 41.4 Å². The van der Waals surface area contributed by atoms with E-state index in [1.165, 1.54) is 0 Å². The van der Waals surface area contributed by atoms with Crippen molar-refractivity contribution in [1.82, 2.24) is 4.90 Å². The van der Waals surface area contributed by atoms with Gasteiger partial charge >= 0.3 is 12.1 Å². The van der Waals surface area contributed by atoms with Crippen LogP contribution in [0.5, 0.6) is 5.75 Å². The number of rotatable bonds is 16. The molecule has 1 unspecified atom stereocenters. The molecule has 0 bridgehead atoms. The maximum absolute atomic E-state index is 13.3. The van der Waals surface area contributed by atoms with Gasteiger partial charge in [-0.3, -0.25) is 9.59 Å². The molecule has 0 saturated carbocycles. The molecule has 0 aliphatic carbocycles. The minimum atomic E-state index is -4.93. The second-order valence-corrected chi connectivity index (χ2v) is 13.4. The van der Waals surface area contributed by atoms with Crippen molar-refractivity contribution in [2.24, 2.45) is 5.92 Å². The maximum atomic E-state index is 13.3. The van der Waals surface area contributed by atoms with Crippen LogP contribution in [0.1, 0.15) is 69.1 Å². The average Bonchev–Trinajstić information content (AvgIpc) is 2.97. The number of hydrogen-bond acceptors (Lipinski definition) is 5. The fraction of sp³-hybridized carbons (Fsp3) is 0.444. The van der Waals surface area contributed by atoms with Gasteiger partial charge in [0.25, 0.3) is 0 Å². The molecule has 0 aliphatic rings. The normalized spacial score (nSPS) is 12.8. The fourth-order valence-corrected chi connectivity index (χ4v) is 5.38. The van der Waals surface area contributed by atoms with Crippen molar-refractivity contribution in [3.63, 3.8) is 0 Å². The number of esters is 1.